The van der Waals surface area contributed by atoms with Gasteiger partial charge in [0.05, 0.1) is 6.67 Å². The summed E-state index contributed by atoms with van der Waals surface area (Å²) in [5.41, 5.74) is 2.89. The minimum atomic E-state index is 0.743. The largest absolute Gasteiger partial charge is 0.282 e. The molecule has 0 spiro atoms. The zero-order valence-electron chi connectivity index (χ0n) is 13.8. The van der Waals surface area contributed by atoms with Crippen LogP contribution in [0.25, 0.3) is 0 Å². The first-order chi connectivity index (χ1) is 11.4. The van der Waals surface area contributed by atoms with E-state index in [2.05, 4.69) is 70.5 Å². The van der Waals surface area contributed by atoms with Crippen molar-refractivity contribution in [1.29, 1.82) is 0 Å². The first-order valence-corrected chi connectivity index (χ1v) is 8.96. The molecule has 1 aliphatic heterocycles. The highest BCUT2D eigenvalue weighted by atomic mass is 15.4. The van der Waals surface area contributed by atoms with Crippen LogP contribution in [0.3, 0.4) is 0 Å². The zero-order valence-corrected chi connectivity index (χ0v) is 13.8. The van der Waals surface area contributed by atoms with E-state index in [-0.39, 0.29) is 0 Å². The van der Waals surface area contributed by atoms with Crippen LogP contribution in [0, 0.1) is 0 Å². The van der Waals surface area contributed by atoms with Gasteiger partial charge in [0, 0.05) is 25.2 Å². The van der Waals surface area contributed by atoms with Crippen molar-refractivity contribution in [2.75, 3.05) is 6.67 Å². The van der Waals surface area contributed by atoms with Crippen molar-refractivity contribution >= 4 is 0 Å². The van der Waals surface area contributed by atoms with Crippen LogP contribution in [-0.4, -0.2) is 28.6 Å². The molecule has 2 atom stereocenters. The minimum Gasteiger partial charge on any atom is -0.282 e. The van der Waals surface area contributed by atoms with Crippen LogP contribution >= 0.6 is 0 Å². The van der Waals surface area contributed by atoms with E-state index >= 15 is 0 Å². The van der Waals surface area contributed by atoms with Crippen LogP contribution in [0.2, 0.25) is 0 Å². The van der Waals surface area contributed by atoms with Crippen molar-refractivity contribution in [3.05, 3.63) is 71.8 Å². The normalized spacial score (nSPS) is 25.4. The molecule has 0 aromatic heterocycles. The van der Waals surface area contributed by atoms with Gasteiger partial charge in [0.25, 0.3) is 0 Å². The third-order valence-corrected chi connectivity index (χ3v) is 5.45. The van der Waals surface area contributed by atoms with Crippen LogP contribution in [0.4, 0.5) is 0 Å². The Kier molecular flexibility index (Phi) is 4.45. The molecule has 2 aliphatic rings. The smallest absolute Gasteiger partial charge is 0.0519 e. The fraction of sp³-hybridized carbons (Fsp3) is 0.429. The maximum Gasteiger partial charge on any atom is 0.0519 e. The summed E-state index contributed by atoms with van der Waals surface area (Å²) in [6, 6.07) is 23.4. The number of rotatable bonds is 4. The molecule has 0 N–H and O–H groups in total. The van der Waals surface area contributed by atoms with Crippen LogP contribution in [0.5, 0.6) is 0 Å². The van der Waals surface area contributed by atoms with E-state index in [0.717, 1.165) is 31.8 Å². The molecule has 1 heterocycles. The van der Waals surface area contributed by atoms with E-state index in [1.54, 1.807) is 0 Å². The van der Waals surface area contributed by atoms with E-state index in [1.807, 2.05) is 0 Å². The summed E-state index contributed by atoms with van der Waals surface area (Å²) in [7, 11) is 0. The van der Waals surface area contributed by atoms with Crippen molar-refractivity contribution < 1.29 is 0 Å². The van der Waals surface area contributed by atoms with Gasteiger partial charge in [-0.2, -0.15) is 0 Å². The third-order valence-electron chi connectivity index (χ3n) is 5.45. The standard InChI is InChI=1S/C21H26N2/c1-3-9-18(10-4-1)15-22-17-23(16-19-11-5-2-6-12-19)21-14-8-7-13-20(21)22/h1-6,9-12,20-21H,7-8,13-17H2/t20-,21-/m0/s1. The average Bonchev–Trinajstić information content (AvgIpc) is 2.95. The lowest BCUT2D eigenvalue weighted by Gasteiger charge is -2.32. The maximum absolute atomic E-state index is 2.71. The van der Waals surface area contributed by atoms with Gasteiger partial charge < -0.3 is 0 Å². The zero-order chi connectivity index (χ0) is 15.5. The highest BCUT2D eigenvalue weighted by Crippen LogP contribution is 2.34. The summed E-state index contributed by atoms with van der Waals surface area (Å²) in [4.78, 5) is 5.42. The molecule has 120 valence electrons. The van der Waals surface area contributed by atoms with Gasteiger partial charge in [-0.25, -0.2) is 0 Å². The Hall–Kier alpha value is -1.64. The summed E-state index contributed by atoms with van der Waals surface area (Å²) < 4.78 is 0. The second-order valence-electron chi connectivity index (χ2n) is 7.03. The third kappa shape index (κ3) is 3.34. The topological polar surface area (TPSA) is 6.48 Å². The Bertz CT molecular complexity index is 555. The molecule has 0 unspecified atom stereocenters. The Morgan fingerprint density at radius 2 is 1.09 bits per heavy atom. The Morgan fingerprint density at radius 1 is 0.652 bits per heavy atom. The lowest BCUT2D eigenvalue weighted by Crippen LogP contribution is -2.39. The number of nitrogens with zero attached hydrogens (tertiary/aromatic N) is 2. The Morgan fingerprint density at radius 3 is 1.52 bits per heavy atom. The highest BCUT2D eigenvalue weighted by molar-refractivity contribution is 5.17. The summed E-state index contributed by atoms with van der Waals surface area (Å²) in [6.07, 6.45) is 5.52. The molecule has 0 amide bonds. The fourth-order valence-corrected chi connectivity index (χ4v) is 4.36. The molecule has 2 heteroatoms. The molecule has 2 nitrogen and oxygen atoms in total. The van der Waals surface area contributed by atoms with E-state index in [9.17, 15) is 0 Å². The lowest BCUT2D eigenvalue weighted by molar-refractivity contribution is 0.197. The summed E-state index contributed by atoms with van der Waals surface area (Å²) in [5.74, 6) is 0. The van der Waals surface area contributed by atoms with Crippen LogP contribution < -0.4 is 0 Å². The monoisotopic (exact) mass is 306 g/mol. The average molecular weight is 306 g/mol. The molecular formula is C21H26N2. The van der Waals surface area contributed by atoms with Gasteiger partial charge in [0.2, 0.25) is 0 Å². The number of hydrogen-bond acceptors (Lipinski definition) is 2. The molecule has 4 rings (SSSR count). The van der Waals surface area contributed by atoms with E-state index in [1.165, 1.54) is 36.8 Å². The molecule has 0 bridgehead atoms. The predicted octanol–water partition coefficient (Wildman–Crippen LogP) is 4.27. The number of fused-ring (bicyclic) bond motifs is 1. The summed E-state index contributed by atoms with van der Waals surface area (Å²) in [6.45, 7) is 3.29. The van der Waals surface area contributed by atoms with Crippen LogP contribution in [0.1, 0.15) is 36.8 Å². The van der Waals surface area contributed by atoms with Gasteiger partial charge in [-0.3, -0.25) is 9.80 Å². The number of benzene rings is 2. The van der Waals surface area contributed by atoms with Crippen LogP contribution in [-0.2, 0) is 13.1 Å². The molecule has 23 heavy (non-hydrogen) atoms. The summed E-state index contributed by atoms with van der Waals surface area (Å²) in [5, 5.41) is 0. The molecule has 1 saturated heterocycles. The second kappa shape index (κ2) is 6.86. The molecule has 2 fully saturated rings. The number of hydrogen-bond donors (Lipinski definition) is 0. The minimum absolute atomic E-state index is 0.743. The Balaban J connectivity index is 1.50. The molecule has 1 saturated carbocycles. The van der Waals surface area contributed by atoms with Gasteiger partial charge in [-0.1, -0.05) is 73.5 Å². The quantitative estimate of drug-likeness (QED) is 0.832. The van der Waals surface area contributed by atoms with Crippen molar-refractivity contribution in [3.8, 4) is 0 Å². The first kappa shape index (κ1) is 14.9. The van der Waals surface area contributed by atoms with Gasteiger partial charge >= 0.3 is 0 Å². The van der Waals surface area contributed by atoms with Crippen molar-refractivity contribution in [3.63, 3.8) is 0 Å². The first-order valence-electron chi connectivity index (χ1n) is 8.96. The fourth-order valence-electron chi connectivity index (χ4n) is 4.36. The molecule has 0 radical (unpaired) electrons. The van der Waals surface area contributed by atoms with E-state index in [4.69, 9.17) is 0 Å². The second-order valence-corrected chi connectivity index (χ2v) is 7.03. The molecular weight excluding hydrogens is 280 g/mol. The summed E-state index contributed by atoms with van der Waals surface area (Å²) >= 11 is 0. The van der Waals surface area contributed by atoms with Crippen LogP contribution in [0.15, 0.2) is 60.7 Å². The van der Waals surface area contributed by atoms with Crippen molar-refractivity contribution in [2.24, 2.45) is 0 Å². The van der Waals surface area contributed by atoms with Gasteiger partial charge in [0.1, 0.15) is 0 Å². The van der Waals surface area contributed by atoms with Gasteiger partial charge in [-0.15, -0.1) is 0 Å². The Labute approximate surface area is 139 Å². The van der Waals surface area contributed by atoms with Gasteiger partial charge in [0.15, 0.2) is 0 Å². The SMILES string of the molecule is c1ccc(CN2CN(Cc3ccccc3)[C@H]3CCCC[C@@H]32)cc1. The maximum atomic E-state index is 2.71. The lowest BCUT2D eigenvalue weighted by atomic mass is 9.90. The van der Waals surface area contributed by atoms with Crippen molar-refractivity contribution in [2.45, 2.75) is 50.9 Å². The van der Waals surface area contributed by atoms with E-state index < -0.39 is 0 Å². The molecule has 2 aromatic rings. The molecule has 2 aromatic carbocycles. The highest BCUT2D eigenvalue weighted by Gasteiger charge is 2.40. The van der Waals surface area contributed by atoms with Gasteiger partial charge in [-0.05, 0) is 24.0 Å². The van der Waals surface area contributed by atoms with Crippen molar-refractivity contribution in [1.82, 2.24) is 9.80 Å². The molecule has 1 aliphatic carbocycles. The van der Waals surface area contributed by atoms with E-state index in [0.29, 0.717) is 0 Å². The predicted molar refractivity (Wildman–Crippen MR) is 94.9 cm³/mol.